The van der Waals surface area contributed by atoms with Crippen LogP contribution in [0.4, 0.5) is 5.69 Å². The third kappa shape index (κ3) is 4.22. The second kappa shape index (κ2) is 6.96. The minimum Gasteiger partial charge on any atom is -0.381 e. The molecule has 0 aliphatic carbocycles. The van der Waals surface area contributed by atoms with Gasteiger partial charge in [-0.2, -0.15) is 0 Å². The van der Waals surface area contributed by atoms with Gasteiger partial charge in [-0.1, -0.05) is 33.6 Å². The van der Waals surface area contributed by atoms with Gasteiger partial charge < -0.3 is 10.2 Å². The van der Waals surface area contributed by atoms with Crippen molar-refractivity contribution in [3.8, 4) is 0 Å². The van der Waals surface area contributed by atoms with Crippen molar-refractivity contribution < 1.29 is 4.79 Å². The van der Waals surface area contributed by atoms with Crippen molar-refractivity contribution in [2.24, 2.45) is 0 Å². The van der Waals surface area contributed by atoms with Crippen molar-refractivity contribution in [2.75, 3.05) is 19.4 Å². The number of nitrogens with zero attached hydrogens (tertiary/aromatic N) is 1. The van der Waals surface area contributed by atoms with E-state index in [0.29, 0.717) is 17.1 Å². The summed E-state index contributed by atoms with van der Waals surface area (Å²) in [6.45, 7) is 0.595. The number of carbonyl (C=O) groups is 1. The Morgan fingerprint density at radius 1 is 1.24 bits per heavy atom. The molecule has 0 spiro atoms. The van der Waals surface area contributed by atoms with Crippen molar-refractivity contribution in [1.82, 2.24) is 4.90 Å². The lowest BCUT2D eigenvalue weighted by Gasteiger charge is -2.12. The Morgan fingerprint density at radius 2 is 2.00 bits per heavy atom. The van der Waals surface area contributed by atoms with Gasteiger partial charge in [-0.15, -0.1) is 0 Å². The summed E-state index contributed by atoms with van der Waals surface area (Å²) < 4.78 is 0.986. The van der Waals surface area contributed by atoms with Crippen LogP contribution in [0.25, 0.3) is 0 Å². The first kappa shape index (κ1) is 15.9. The molecule has 2 aromatic carbocycles. The fourth-order valence-corrected chi connectivity index (χ4v) is 2.49. The number of carbonyl (C=O) groups excluding carboxylic acids is 1. The maximum Gasteiger partial charge on any atom is 0.253 e. The summed E-state index contributed by atoms with van der Waals surface area (Å²) in [5, 5.41) is 4.00. The van der Waals surface area contributed by atoms with E-state index in [2.05, 4.69) is 21.2 Å². The van der Waals surface area contributed by atoms with Crippen LogP contribution >= 0.6 is 27.5 Å². The summed E-state index contributed by atoms with van der Waals surface area (Å²) in [6, 6.07) is 13.2. The molecule has 0 unspecified atom stereocenters. The third-order valence-corrected chi connectivity index (χ3v) is 3.87. The van der Waals surface area contributed by atoms with Crippen LogP contribution in [0.5, 0.6) is 0 Å². The Hall–Kier alpha value is -1.52. The highest BCUT2D eigenvalue weighted by Gasteiger charge is 2.08. The average Bonchev–Trinajstić information content (AvgIpc) is 2.47. The van der Waals surface area contributed by atoms with Crippen LogP contribution in [0.1, 0.15) is 15.9 Å². The molecule has 0 saturated carbocycles. The second-order valence-electron chi connectivity index (χ2n) is 4.87. The number of anilines is 1. The summed E-state index contributed by atoms with van der Waals surface area (Å²) >= 11 is 9.60. The number of nitrogens with one attached hydrogen (secondary N) is 1. The second-order valence-corrected chi connectivity index (χ2v) is 6.19. The summed E-state index contributed by atoms with van der Waals surface area (Å²) in [5.41, 5.74) is 2.54. The highest BCUT2D eigenvalue weighted by atomic mass is 79.9. The molecule has 0 fully saturated rings. The quantitative estimate of drug-likeness (QED) is 0.868. The van der Waals surface area contributed by atoms with Gasteiger partial charge in [0.15, 0.2) is 0 Å². The van der Waals surface area contributed by atoms with Crippen molar-refractivity contribution in [3.05, 3.63) is 63.1 Å². The Balaban J connectivity index is 2.12. The Bertz CT molecular complexity index is 658. The minimum atomic E-state index is -0.0147. The fraction of sp³-hybridized carbons (Fsp3) is 0.188. The molecule has 0 saturated heterocycles. The normalized spacial score (nSPS) is 10.3. The Kier molecular flexibility index (Phi) is 5.26. The van der Waals surface area contributed by atoms with Gasteiger partial charge in [0.05, 0.1) is 0 Å². The van der Waals surface area contributed by atoms with Gasteiger partial charge in [-0.25, -0.2) is 0 Å². The molecule has 21 heavy (non-hydrogen) atoms. The topological polar surface area (TPSA) is 32.3 Å². The number of halogens is 2. The number of amides is 1. The molecule has 2 aromatic rings. The highest BCUT2D eigenvalue weighted by Crippen LogP contribution is 2.22. The molecular weight excluding hydrogens is 352 g/mol. The van der Waals surface area contributed by atoms with Crippen LogP contribution in [0.2, 0.25) is 5.02 Å². The van der Waals surface area contributed by atoms with E-state index >= 15 is 0 Å². The third-order valence-electron chi connectivity index (χ3n) is 3.01. The van der Waals surface area contributed by atoms with Crippen molar-refractivity contribution >= 4 is 39.1 Å². The largest absolute Gasteiger partial charge is 0.381 e. The minimum absolute atomic E-state index is 0.0147. The van der Waals surface area contributed by atoms with E-state index in [1.807, 2.05) is 36.4 Å². The molecule has 0 radical (unpaired) electrons. The lowest BCUT2D eigenvalue weighted by molar-refractivity contribution is 0.0827. The summed E-state index contributed by atoms with van der Waals surface area (Å²) in [4.78, 5) is 13.5. The van der Waals surface area contributed by atoms with Crippen molar-refractivity contribution in [1.29, 1.82) is 0 Å². The standard InChI is InChI=1S/C16H16BrClN2O/c1-20(2)16(21)11-4-3-5-14(9-11)19-10-12-8-13(17)6-7-15(12)18/h3-9,19H,10H2,1-2H3. The van der Waals surface area contributed by atoms with E-state index in [1.54, 1.807) is 25.1 Å². The molecule has 0 bridgehead atoms. The average molecular weight is 368 g/mol. The number of benzene rings is 2. The molecule has 1 amide bonds. The summed E-state index contributed by atoms with van der Waals surface area (Å²) in [7, 11) is 3.48. The molecular formula is C16H16BrClN2O. The summed E-state index contributed by atoms with van der Waals surface area (Å²) in [6.07, 6.45) is 0. The zero-order chi connectivity index (χ0) is 15.4. The molecule has 3 nitrogen and oxygen atoms in total. The van der Waals surface area contributed by atoms with Gasteiger partial charge >= 0.3 is 0 Å². The lowest BCUT2D eigenvalue weighted by Crippen LogP contribution is -2.21. The molecule has 110 valence electrons. The molecule has 0 atom stereocenters. The molecule has 5 heteroatoms. The van der Waals surface area contributed by atoms with Crippen molar-refractivity contribution in [2.45, 2.75) is 6.54 Å². The van der Waals surface area contributed by atoms with E-state index in [1.165, 1.54) is 0 Å². The molecule has 0 aliphatic heterocycles. The first-order valence-electron chi connectivity index (χ1n) is 6.47. The smallest absolute Gasteiger partial charge is 0.253 e. The van der Waals surface area contributed by atoms with Gasteiger partial charge in [0, 0.05) is 41.4 Å². The Labute approximate surface area is 138 Å². The van der Waals surface area contributed by atoms with Crippen LogP contribution in [-0.2, 0) is 6.54 Å². The predicted molar refractivity (Wildman–Crippen MR) is 90.9 cm³/mol. The van der Waals surface area contributed by atoms with Crippen LogP contribution in [-0.4, -0.2) is 24.9 Å². The predicted octanol–water partition coefficient (Wildman–Crippen LogP) is 4.42. The maximum atomic E-state index is 11.9. The molecule has 0 heterocycles. The molecule has 0 aromatic heterocycles. The van der Waals surface area contributed by atoms with Gasteiger partial charge in [0.1, 0.15) is 0 Å². The first-order valence-corrected chi connectivity index (χ1v) is 7.64. The number of hydrogen-bond acceptors (Lipinski definition) is 2. The SMILES string of the molecule is CN(C)C(=O)c1cccc(NCc2cc(Br)ccc2Cl)c1. The zero-order valence-electron chi connectivity index (χ0n) is 11.9. The van der Waals surface area contributed by atoms with E-state index in [4.69, 9.17) is 11.6 Å². The number of rotatable bonds is 4. The van der Waals surface area contributed by atoms with Crippen LogP contribution in [0, 0.1) is 0 Å². The van der Waals surface area contributed by atoms with Crippen LogP contribution < -0.4 is 5.32 Å². The molecule has 2 rings (SSSR count). The van der Waals surface area contributed by atoms with E-state index < -0.39 is 0 Å². The van der Waals surface area contributed by atoms with Gasteiger partial charge in [-0.05, 0) is 42.0 Å². The number of hydrogen-bond donors (Lipinski definition) is 1. The Morgan fingerprint density at radius 3 is 2.71 bits per heavy atom. The molecule has 0 aliphatic rings. The zero-order valence-corrected chi connectivity index (χ0v) is 14.2. The van der Waals surface area contributed by atoms with Crippen molar-refractivity contribution in [3.63, 3.8) is 0 Å². The van der Waals surface area contributed by atoms with E-state index in [0.717, 1.165) is 15.7 Å². The maximum absolute atomic E-state index is 11.9. The summed E-state index contributed by atoms with van der Waals surface area (Å²) in [5.74, 6) is -0.0147. The highest BCUT2D eigenvalue weighted by molar-refractivity contribution is 9.10. The van der Waals surface area contributed by atoms with Gasteiger partial charge in [-0.3, -0.25) is 4.79 Å². The lowest BCUT2D eigenvalue weighted by atomic mass is 10.1. The van der Waals surface area contributed by atoms with Gasteiger partial charge in [0.25, 0.3) is 5.91 Å². The monoisotopic (exact) mass is 366 g/mol. The van der Waals surface area contributed by atoms with Crippen LogP contribution in [0.3, 0.4) is 0 Å². The van der Waals surface area contributed by atoms with E-state index in [-0.39, 0.29) is 5.91 Å². The fourth-order valence-electron chi connectivity index (χ4n) is 1.90. The van der Waals surface area contributed by atoms with Crippen LogP contribution in [0.15, 0.2) is 46.9 Å². The first-order chi connectivity index (χ1) is 9.97. The van der Waals surface area contributed by atoms with E-state index in [9.17, 15) is 4.79 Å². The van der Waals surface area contributed by atoms with Gasteiger partial charge in [0.2, 0.25) is 0 Å². The molecule has 1 N–H and O–H groups in total.